The highest BCUT2D eigenvalue weighted by atomic mass is 16.7. The predicted octanol–water partition coefficient (Wildman–Crippen LogP) is 10.9. The number of aliphatic hydroxyl groups excluding tert-OH is 4. The molecule has 58 heavy (non-hydrogen) atoms. The van der Waals surface area contributed by atoms with E-state index in [1.54, 1.807) is 0 Å². The number of carbonyl (C=O) groups is 1. The Morgan fingerprint density at radius 1 is 0.552 bits per heavy atom. The average molecular weight is 821 g/mol. The lowest BCUT2D eigenvalue weighted by molar-refractivity contribution is -0.305. The molecule has 1 fully saturated rings. The van der Waals surface area contributed by atoms with Crippen LogP contribution in [0.3, 0.4) is 0 Å². The predicted molar refractivity (Wildman–Crippen MR) is 238 cm³/mol. The first kappa shape index (κ1) is 54.2. The van der Waals surface area contributed by atoms with Gasteiger partial charge in [0.15, 0.2) is 6.29 Å². The fourth-order valence-electron chi connectivity index (χ4n) is 6.96. The van der Waals surface area contributed by atoms with Gasteiger partial charge in [0, 0.05) is 13.0 Å². The fraction of sp³-hybridized carbons (Fsp3) is 0.816. The number of hydrogen-bond acceptors (Lipinski definition) is 9. The molecule has 0 radical (unpaired) electrons. The quantitative estimate of drug-likeness (QED) is 0.0271. The van der Waals surface area contributed by atoms with Gasteiger partial charge in [0.1, 0.15) is 30.5 Å². The summed E-state index contributed by atoms with van der Waals surface area (Å²) in [6.07, 6.45) is 42.7. The normalized spacial score (nSPS) is 20.7. The standard InChI is InChI=1S/C49H88O9/c1-3-5-7-9-11-13-15-17-19-21-22-24-26-28-30-32-34-36-38-45(51)57-43(42-56-49-48(54)47(53)46(52)44(40-50)58-49)41-55-39-37-35-33-31-29-27-25-23-20-18-16-14-12-10-8-6-4-2/h13-16,19-21,23,43-44,46-50,52-54H,3-12,17-18,22,24-42H2,1-2H3/b15-13-,16-14-,21-19-,23-20-. The third kappa shape index (κ3) is 31.1. The van der Waals surface area contributed by atoms with Gasteiger partial charge < -0.3 is 39.4 Å². The van der Waals surface area contributed by atoms with Gasteiger partial charge in [0.25, 0.3) is 0 Å². The first-order valence-corrected chi connectivity index (χ1v) is 23.7. The van der Waals surface area contributed by atoms with Crippen LogP contribution in [0.2, 0.25) is 0 Å². The molecule has 1 saturated heterocycles. The van der Waals surface area contributed by atoms with Crippen molar-refractivity contribution < 1.29 is 44.2 Å². The molecular weight excluding hydrogens is 733 g/mol. The summed E-state index contributed by atoms with van der Waals surface area (Å²) in [4.78, 5) is 12.8. The number of ether oxygens (including phenoxy) is 4. The van der Waals surface area contributed by atoms with Crippen LogP contribution in [0.1, 0.15) is 194 Å². The zero-order valence-electron chi connectivity index (χ0n) is 37.0. The van der Waals surface area contributed by atoms with E-state index in [1.807, 2.05) is 0 Å². The molecule has 1 aliphatic heterocycles. The maximum atomic E-state index is 12.8. The summed E-state index contributed by atoms with van der Waals surface area (Å²) in [5.74, 6) is -0.326. The molecule has 1 heterocycles. The monoisotopic (exact) mass is 821 g/mol. The van der Waals surface area contributed by atoms with Crippen molar-refractivity contribution in [1.82, 2.24) is 0 Å². The molecule has 338 valence electrons. The molecule has 9 heteroatoms. The lowest BCUT2D eigenvalue weighted by Gasteiger charge is -2.39. The van der Waals surface area contributed by atoms with Crippen LogP contribution in [-0.2, 0) is 23.7 Å². The zero-order chi connectivity index (χ0) is 42.2. The summed E-state index contributed by atoms with van der Waals surface area (Å²) < 4.78 is 22.8. The molecule has 0 aromatic rings. The molecule has 0 saturated carbocycles. The number of rotatable bonds is 40. The fourth-order valence-corrected chi connectivity index (χ4v) is 6.96. The highest BCUT2D eigenvalue weighted by Crippen LogP contribution is 2.22. The van der Waals surface area contributed by atoms with Gasteiger partial charge in [0.2, 0.25) is 0 Å². The molecule has 4 N–H and O–H groups in total. The minimum absolute atomic E-state index is 0.122. The van der Waals surface area contributed by atoms with E-state index in [2.05, 4.69) is 62.5 Å². The Labute approximate surface area is 354 Å². The Morgan fingerprint density at radius 2 is 1.00 bits per heavy atom. The van der Waals surface area contributed by atoms with E-state index >= 15 is 0 Å². The average Bonchev–Trinajstić information content (AvgIpc) is 3.22. The van der Waals surface area contributed by atoms with Gasteiger partial charge in [-0.2, -0.15) is 0 Å². The molecule has 6 unspecified atom stereocenters. The number of hydrogen-bond donors (Lipinski definition) is 4. The number of allylic oxidation sites excluding steroid dienone is 8. The van der Waals surface area contributed by atoms with Crippen LogP contribution in [-0.4, -0.2) is 89.6 Å². The van der Waals surface area contributed by atoms with E-state index < -0.39 is 43.4 Å². The van der Waals surface area contributed by atoms with Crippen LogP contribution in [0.25, 0.3) is 0 Å². The van der Waals surface area contributed by atoms with Gasteiger partial charge in [-0.05, 0) is 77.0 Å². The minimum Gasteiger partial charge on any atom is -0.457 e. The Bertz CT molecular complexity index is 1030. The van der Waals surface area contributed by atoms with Crippen LogP contribution in [0, 0.1) is 0 Å². The molecule has 0 bridgehead atoms. The smallest absolute Gasteiger partial charge is 0.306 e. The molecule has 1 rings (SSSR count). The lowest BCUT2D eigenvalue weighted by Crippen LogP contribution is -2.59. The van der Waals surface area contributed by atoms with Gasteiger partial charge in [0.05, 0.1) is 19.8 Å². The Morgan fingerprint density at radius 3 is 1.48 bits per heavy atom. The molecule has 0 aliphatic carbocycles. The van der Waals surface area contributed by atoms with Gasteiger partial charge >= 0.3 is 5.97 Å². The second-order valence-corrected chi connectivity index (χ2v) is 16.2. The topological polar surface area (TPSA) is 135 Å². The summed E-state index contributed by atoms with van der Waals surface area (Å²) in [5, 5.41) is 40.2. The second kappa shape index (κ2) is 40.6. The SMILES string of the molecule is CCCCCC/C=C\C/C=C\CCCCCCCCCC(=O)OC(COCCCCCCCC/C=C\C/C=C\CCCCCC)COC1OC(CO)C(O)C(O)C1O. The molecular formula is C49H88O9. The molecule has 0 amide bonds. The maximum Gasteiger partial charge on any atom is 0.306 e. The van der Waals surface area contributed by atoms with Crippen molar-refractivity contribution in [3.05, 3.63) is 48.6 Å². The van der Waals surface area contributed by atoms with Crippen molar-refractivity contribution in [1.29, 1.82) is 0 Å². The first-order valence-electron chi connectivity index (χ1n) is 23.7. The van der Waals surface area contributed by atoms with Crippen molar-refractivity contribution >= 4 is 5.97 Å². The summed E-state index contributed by atoms with van der Waals surface area (Å²) in [6, 6.07) is 0. The molecule has 0 spiro atoms. The van der Waals surface area contributed by atoms with Crippen LogP contribution < -0.4 is 0 Å². The second-order valence-electron chi connectivity index (χ2n) is 16.2. The molecule has 1 aliphatic rings. The third-order valence-corrected chi connectivity index (χ3v) is 10.7. The van der Waals surface area contributed by atoms with E-state index in [9.17, 15) is 25.2 Å². The third-order valence-electron chi connectivity index (χ3n) is 10.7. The highest BCUT2D eigenvalue weighted by Gasteiger charge is 2.44. The van der Waals surface area contributed by atoms with E-state index in [0.717, 1.165) is 70.6 Å². The van der Waals surface area contributed by atoms with Crippen LogP contribution in [0.15, 0.2) is 48.6 Å². The Hall–Kier alpha value is -1.85. The number of unbranched alkanes of at least 4 members (excludes halogenated alkanes) is 21. The highest BCUT2D eigenvalue weighted by molar-refractivity contribution is 5.69. The van der Waals surface area contributed by atoms with Crippen LogP contribution >= 0.6 is 0 Å². The lowest BCUT2D eigenvalue weighted by atomic mass is 9.99. The maximum absolute atomic E-state index is 12.8. The van der Waals surface area contributed by atoms with Crippen LogP contribution in [0.4, 0.5) is 0 Å². The summed E-state index contributed by atoms with van der Waals surface area (Å²) in [5.41, 5.74) is 0. The summed E-state index contributed by atoms with van der Waals surface area (Å²) >= 11 is 0. The minimum atomic E-state index is -1.54. The first-order chi connectivity index (χ1) is 28.4. The Balaban J connectivity index is 2.26. The number of carbonyl (C=O) groups excluding carboxylic acids is 1. The van der Waals surface area contributed by atoms with Crippen molar-refractivity contribution in [3.63, 3.8) is 0 Å². The zero-order valence-corrected chi connectivity index (χ0v) is 37.0. The number of esters is 1. The molecule has 0 aromatic heterocycles. The van der Waals surface area contributed by atoms with Gasteiger partial charge in [-0.1, -0.05) is 159 Å². The largest absolute Gasteiger partial charge is 0.457 e. The molecule has 9 nitrogen and oxygen atoms in total. The Kier molecular flexibility index (Phi) is 37.9. The molecule has 6 atom stereocenters. The van der Waals surface area contributed by atoms with Crippen molar-refractivity contribution in [2.45, 2.75) is 230 Å². The van der Waals surface area contributed by atoms with E-state index in [-0.39, 0.29) is 19.2 Å². The van der Waals surface area contributed by atoms with E-state index in [4.69, 9.17) is 18.9 Å². The number of aliphatic hydroxyl groups is 4. The van der Waals surface area contributed by atoms with E-state index in [1.165, 1.54) is 103 Å². The van der Waals surface area contributed by atoms with E-state index in [0.29, 0.717) is 13.0 Å². The van der Waals surface area contributed by atoms with Crippen molar-refractivity contribution in [2.75, 3.05) is 26.4 Å². The van der Waals surface area contributed by atoms with Gasteiger partial charge in [-0.15, -0.1) is 0 Å². The van der Waals surface area contributed by atoms with Crippen LogP contribution in [0.5, 0.6) is 0 Å². The molecule has 0 aromatic carbocycles. The summed E-state index contributed by atoms with van der Waals surface area (Å²) in [6.45, 7) is 4.50. The van der Waals surface area contributed by atoms with Crippen molar-refractivity contribution in [2.24, 2.45) is 0 Å². The summed E-state index contributed by atoms with van der Waals surface area (Å²) in [7, 11) is 0. The van der Waals surface area contributed by atoms with Gasteiger partial charge in [-0.3, -0.25) is 4.79 Å². The van der Waals surface area contributed by atoms with Gasteiger partial charge in [-0.25, -0.2) is 0 Å². The van der Waals surface area contributed by atoms with Crippen molar-refractivity contribution in [3.8, 4) is 0 Å².